The minimum atomic E-state index is -0.795. The molecule has 428 valence electrons. The summed E-state index contributed by atoms with van der Waals surface area (Å²) in [7, 11) is 0. The largest absolute Gasteiger partial charge is 0.455 e. The number of hydrogen-bond acceptors (Lipinski definition) is 3. The van der Waals surface area contributed by atoms with Gasteiger partial charge in [-0.25, -0.2) is 0 Å². The van der Waals surface area contributed by atoms with Crippen LogP contribution < -0.4 is 4.90 Å². The summed E-state index contributed by atoms with van der Waals surface area (Å²) in [4.78, 5) is 2.52. The molecule has 2 aliphatic rings. The summed E-state index contributed by atoms with van der Waals surface area (Å²) in [6.07, 6.45) is 0. The van der Waals surface area contributed by atoms with Crippen molar-refractivity contribution in [3.8, 4) is 77.9 Å². The third-order valence-corrected chi connectivity index (χ3v) is 19.8. The van der Waals surface area contributed by atoms with E-state index >= 15 is 0 Å². The molecule has 18 rings (SSSR count). The Kier molecular flexibility index (Phi) is 11.9. The van der Waals surface area contributed by atoms with Crippen molar-refractivity contribution in [2.75, 3.05) is 4.90 Å². The van der Waals surface area contributed by atoms with Gasteiger partial charge in [0, 0.05) is 55.0 Å². The molecule has 3 heteroatoms. The van der Waals surface area contributed by atoms with E-state index in [1.807, 2.05) is 12.1 Å². The molecular weight excluding hydrogens is 1100 g/mol. The average Bonchev–Trinajstić information content (AvgIpc) is 1.57. The Balaban J connectivity index is 0.885. The molecule has 0 aliphatic heterocycles. The third-order valence-electron chi connectivity index (χ3n) is 19.8. The third kappa shape index (κ3) is 8.07. The number of nitrogens with zero attached hydrogens (tertiary/aromatic N) is 1. The van der Waals surface area contributed by atoms with Gasteiger partial charge in [0.05, 0.1) is 11.1 Å². The highest BCUT2D eigenvalue weighted by molar-refractivity contribution is 6.11. The fourth-order valence-corrected chi connectivity index (χ4v) is 15.6. The molecule has 2 aliphatic carbocycles. The fourth-order valence-electron chi connectivity index (χ4n) is 15.6. The summed E-state index contributed by atoms with van der Waals surface area (Å²) >= 11 is 0. The van der Waals surface area contributed by atoms with Crippen molar-refractivity contribution in [2.24, 2.45) is 0 Å². The van der Waals surface area contributed by atoms with Crippen molar-refractivity contribution >= 4 is 60.9 Å². The lowest BCUT2D eigenvalue weighted by Gasteiger charge is -2.36. The van der Waals surface area contributed by atoms with Crippen molar-refractivity contribution in [2.45, 2.75) is 24.7 Å². The second kappa shape index (κ2) is 20.5. The van der Waals surface area contributed by atoms with Crippen LogP contribution in [-0.2, 0) is 10.8 Å². The number of rotatable bonds is 10. The van der Waals surface area contributed by atoms with Gasteiger partial charge in [0.1, 0.15) is 22.3 Å². The van der Waals surface area contributed by atoms with Crippen LogP contribution in [0.2, 0.25) is 0 Å². The highest BCUT2D eigenvalue weighted by atomic mass is 16.3. The normalized spacial score (nSPS) is 13.3. The lowest BCUT2D eigenvalue weighted by Crippen LogP contribution is -2.29. The van der Waals surface area contributed by atoms with E-state index in [2.05, 4.69) is 328 Å². The molecule has 14 aromatic carbocycles. The van der Waals surface area contributed by atoms with Crippen LogP contribution in [0.5, 0.6) is 0 Å². The molecule has 0 amide bonds. The number of hydrogen-bond donors (Lipinski definition) is 0. The highest BCUT2D eigenvalue weighted by Gasteiger charge is 2.49. The van der Waals surface area contributed by atoms with Crippen molar-refractivity contribution in [1.82, 2.24) is 0 Å². The van der Waals surface area contributed by atoms with Gasteiger partial charge < -0.3 is 13.7 Å². The van der Waals surface area contributed by atoms with Gasteiger partial charge in [0.2, 0.25) is 0 Å². The van der Waals surface area contributed by atoms with Crippen molar-refractivity contribution in [1.29, 1.82) is 0 Å². The number of anilines is 3. The van der Waals surface area contributed by atoms with Crippen LogP contribution in [0.25, 0.3) is 122 Å². The Morgan fingerprint density at radius 3 is 1.33 bits per heavy atom. The minimum absolute atomic E-state index is 0.146. The molecule has 0 saturated carbocycles. The van der Waals surface area contributed by atoms with Crippen LogP contribution in [0.1, 0.15) is 47.2 Å². The maximum absolute atomic E-state index is 6.66. The number of fused-ring (bicyclic) bond motifs is 12. The van der Waals surface area contributed by atoms with E-state index in [-0.39, 0.29) is 5.41 Å². The first-order chi connectivity index (χ1) is 44.9. The highest BCUT2D eigenvalue weighted by Crippen LogP contribution is 2.61. The van der Waals surface area contributed by atoms with E-state index < -0.39 is 5.41 Å². The molecule has 2 aromatic heterocycles. The summed E-state index contributed by atoms with van der Waals surface area (Å²) < 4.78 is 13.2. The fraction of sp³-hybridized carbons (Fsp3) is 0.0455. The van der Waals surface area contributed by atoms with Gasteiger partial charge in [-0.2, -0.15) is 0 Å². The van der Waals surface area contributed by atoms with Crippen LogP contribution in [0.3, 0.4) is 0 Å². The van der Waals surface area contributed by atoms with Crippen molar-refractivity contribution in [3.05, 3.63) is 355 Å². The van der Waals surface area contributed by atoms with E-state index in [0.717, 1.165) is 117 Å². The van der Waals surface area contributed by atoms with E-state index in [1.165, 1.54) is 55.6 Å². The van der Waals surface area contributed by atoms with Gasteiger partial charge in [0.15, 0.2) is 0 Å². The van der Waals surface area contributed by atoms with Gasteiger partial charge in [-0.1, -0.05) is 281 Å². The molecular formula is C88H59NO2. The predicted octanol–water partition coefficient (Wildman–Crippen LogP) is 24.0. The Bertz CT molecular complexity index is 5500. The molecule has 0 bridgehead atoms. The molecule has 0 N–H and O–H groups in total. The van der Waals surface area contributed by atoms with Gasteiger partial charge in [0.25, 0.3) is 0 Å². The first-order valence-electron chi connectivity index (χ1n) is 31.5. The van der Waals surface area contributed by atoms with Gasteiger partial charge in [-0.05, 0) is 149 Å². The van der Waals surface area contributed by atoms with Crippen LogP contribution in [0.15, 0.2) is 330 Å². The number of furan rings is 2. The summed E-state index contributed by atoms with van der Waals surface area (Å²) in [6.45, 7) is 4.72. The lowest BCUT2D eigenvalue weighted by molar-refractivity contribution is 0.660. The average molecular weight is 1160 g/mol. The van der Waals surface area contributed by atoms with Gasteiger partial charge in [-0.3, -0.25) is 0 Å². The lowest BCUT2D eigenvalue weighted by atomic mass is 9.66. The second-order valence-corrected chi connectivity index (χ2v) is 25.0. The monoisotopic (exact) mass is 1160 g/mol. The number of para-hydroxylation sites is 5. The van der Waals surface area contributed by atoms with E-state index in [9.17, 15) is 0 Å². The van der Waals surface area contributed by atoms with Crippen LogP contribution in [0, 0.1) is 0 Å². The van der Waals surface area contributed by atoms with Gasteiger partial charge >= 0.3 is 0 Å². The summed E-state index contributed by atoms with van der Waals surface area (Å²) in [6, 6.07) is 119. The quantitative estimate of drug-likeness (QED) is 0.137. The second-order valence-electron chi connectivity index (χ2n) is 25.0. The maximum Gasteiger partial charge on any atom is 0.143 e. The molecule has 0 saturated heterocycles. The summed E-state index contributed by atoms with van der Waals surface area (Å²) in [5.74, 6) is 0. The van der Waals surface area contributed by atoms with E-state index in [4.69, 9.17) is 8.83 Å². The topological polar surface area (TPSA) is 29.5 Å². The summed E-state index contributed by atoms with van der Waals surface area (Å²) in [5.41, 5.74) is 29.6. The van der Waals surface area contributed by atoms with E-state index in [1.54, 1.807) is 0 Å². The standard InChI is InChI=1S/C88H59NO2/c1-87(2)78-36-16-12-29-69(78)76-54-64(49-51-79(76)87)89(81-37-17-13-28-66(81)57-22-6-3-7-23-57)65-48-50-70-77-53-61(56-40-42-58(43-41-56)67-32-20-34-73-71-30-14-18-38-82(71)90-85(67)73)52-75(84(77)88(80(70)55-65,62-24-8-4-9-25-62)63-26-10-5-11-27-63)60-46-44-59(45-47-60)68-33-21-35-74-72-31-15-19-39-83(72)91-86(68)74/h3-55H,1-2H3. The van der Waals surface area contributed by atoms with Crippen LogP contribution >= 0.6 is 0 Å². The van der Waals surface area contributed by atoms with Crippen molar-refractivity contribution in [3.63, 3.8) is 0 Å². The minimum Gasteiger partial charge on any atom is -0.455 e. The van der Waals surface area contributed by atoms with Crippen LogP contribution in [-0.4, -0.2) is 0 Å². The Morgan fingerprint density at radius 2 is 0.703 bits per heavy atom. The molecule has 2 heterocycles. The zero-order valence-corrected chi connectivity index (χ0v) is 50.4. The molecule has 91 heavy (non-hydrogen) atoms. The first kappa shape index (κ1) is 52.6. The van der Waals surface area contributed by atoms with Crippen LogP contribution in [0.4, 0.5) is 17.1 Å². The maximum atomic E-state index is 6.66. The molecule has 3 nitrogen and oxygen atoms in total. The van der Waals surface area contributed by atoms with Gasteiger partial charge in [-0.15, -0.1) is 0 Å². The SMILES string of the molecule is CC1(C)c2ccccc2-c2cc(N(c3ccc4c(c3)C(c3ccccc3)(c3ccccc3)c3c(-c5ccc(-c6cccc7c6oc6ccccc67)cc5)cc(-c5ccc(-c6cccc7c6oc6ccccc67)cc5)cc3-4)c3ccccc3-c3ccccc3)ccc21. The molecule has 0 spiro atoms. The molecule has 0 fully saturated rings. The Hall–Kier alpha value is -11.5. The Labute approximate surface area is 529 Å². The molecule has 0 radical (unpaired) electrons. The zero-order valence-electron chi connectivity index (χ0n) is 50.4. The molecule has 0 atom stereocenters. The summed E-state index contributed by atoms with van der Waals surface area (Å²) in [5, 5.41) is 4.48. The molecule has 0 unspecified atom stereocenters. The molecule has 16 aromatic rings. The zero-order chi connectivity index (χ0) is 60.4. The van der Waals surface area contributed by atoms with E-state index in [0.29, 0.717) is 0 Å². The smallest absolute Gasteiger partial charge is 0.143 e. The van der Waals surface area contributed by atoms with Crippen molar-refractivity contribution < 1.29 is 8.83 Å². The number of benzene rings is 14. The Morgan fingerprint density at radius 1 is 0.264 bits per heavy atom. The first-order valence-corrected chi connectivity index (χ1v) is 31.5. The predicted molar refractivity (Wildman–Crippen MR) is 378 cm³/mol.